The molecule has 0 unspecified atom stereocenters. The third-order valence-corrected chi connectivity index (χ3v) is 6.24. The van der Waals surface area contributed by atoms with Crippen molar-refractivity contribution in [3.63, 3.8) is 0 Å². The number of likely N-dealkylation sites (tertiary alicyclic amines) is 1. The zero-order valence-electron chi connectivity index (χ0n) is 16.4. The van der Waals surface area contributed by atoms with Gasteiger partial charge in [-0.3, -0.25) is 4.79 Å². The number of aliphatic hydroxyl groups is 1. The number of aromatic amines is 1. The number of halogens is 3. The first-order valence-corrected chi connectivity index (χ1v) is 9.86. The van der Waals surface area contributed by atoms with Gasteiger partial charge in [-0.05, 0) is 55.9 Å². The molecule has 7 nitrogen and oxygen atoms in total. The minimum atomic E-state index is -4.94. The van der Waals surface area contributed by atoms with E-state index in [1.54, 1.807) is 7.11 Å². The summed E-state index contributed by atoms with van der Waals surface area (Å²) in [5.41, 5.74) is 0.710. The van der Waals surface area contributed by atoms with Crippen LogP contribution in [0.4, 0.5) is 13.2 Å². The smallest absolute Gasteiger partial charge is 0.423 e. The van der Waals surface area contributed by atoms with Crippen LogP contribution < -0.4 is 4.74 Å². The van der Waals surface area contributed by atoms with Gasteiger partial charge in [0.2, 0.25) is 6.10 Å². The third-order valence-electron chi connectivity index (χ3n) is 6.24. The molecule has 30 heavy (non-hydrogen) atoms. The number of nitrogens with one attached hydrogen (secondary N) is 1. The molecule has 1 aromatic heterocycles. The predicted octanol–water partition coefficient (Wildman–Crippen LogP) is 2.67. The van der Waals surface area contributed by atoms with Crippen LogP contribution in [-0.2, 0) is 10.2 Å². The van der Waals surface area contributed by atoms with Gasteiger partial charge in [-0.2, -0.15) is 13.2 Å². The minimum absolute atomic E-state index is 0.171. The number of alkyl halides is 3. The van der Waals surface area contributed by atoms with Gasteiger partial charge in [-0.15, -0.1) is 10.2 Å². The summed E-state index contributed by atoms with van der Waals surface area (Å²) >= 11 is 0. The average Bonchev–Trinajstić information content (AvgIpc) is 3.41. The molecule has 1 aliphatic heterocycles. The van der Waals surface area contributed by atoms with E-state index in [9.17, 15) is 23.1 Å². The van der Waals surface area contributed by atoms with Crippen molar-refractivity contribution in [3.05, 3.63) is 30.1 Å². The quantitative estimate of drug-likeness (QED) is 0.770. The Morgan fingerprint density at radius 2 is 1.87 bits per heavy atom. The lowest BCUT2D eigenvalue weighted by Gasteiger charge is -2.36. The number of nitrogens with zero attached hydrogens (tertiary/aromatic N) is 3. The van der Waals surface area contributed by atoms with Gasteiger partial charge in [0.25, 0.3) is 5.91 Å². The first-order valence-electron chi connectivity index (χ1n) is 9.86. The highest BCUT2D eigenvalue weighted by molar-refractivity contribution is 5.81. The minimum Gasteiger partial charge on any atom is -0.497 e. The molecule has 1 aliphatic carbocycles. The van der Waals surface area contributed by atoms with Gasteiger partial charge in [-0.1, -0.05) is 0 Å². The number of ether oxygens (including phenoxy) is 1. The number of carbonyl (C=O) groups is 1. The lowest BCUT2D eigenvalue weighted by molar-refractivity contribution is -0.211. The summed E-state index contributed by atoms with van der Waals surface area (Å²) in [6, 6.07) is 7.45. The summed E-state index contributed by atoms with van der Waals surface area (Å²) in [5.74, 6) is 1.11. The van der Waals surface area contributed by atoms with Gasteiger partial charge in [0, 0.05) is 24.1 Å². The van der Waals surface area contributed by atoms with Crippen LogP contribution in [0.1, 0.15) is 31.5 Å². The van der Waals surface area contributed by atoms with Crippen molar-refractivity contribution in [2.45, 2.75) is 43.4 Å². The molecule has 162 valence electrons. The van der Waals surface area contributed by atoms with Crippen molar-refractivity contribution in [2.24, 2.45) is 5.92 Å². The summed E-state index contributed by atoms with van der Waals surface area (Å²) in [5, 5.41) is 17.8. The van der Waals surface area contributed by atoms with E-state index >= 15 is 0 Å². The van der Waals surface area contributed by atoms with E-state index in [0.717, 1.165) is 34.9 Å². The van der Waals surface area contributed by atoms with Crippen molar-refractivity contribution in [1.29, 1.82) is 0 Å². The lowest BCUT2D eigenvalue weighted by Crippen LogP contribution is -2.50. The molecule has 1 aromatic carbocycles. The molecule has 1 saturated carbocycles. The standard InChI is InChI=1S/C20H23F3N4O3/c1-30-14-4-2-12(3-5-14)16-24-18(26-25-16)19(8-9-19)13-6-10-27(11-7-13)17(29)15(28)20(21,22)23/h2-5,13,15,28H,6-11H2,1H3,(H,24,25,26)/t15-/m0/s1. The number of aromatic nitrogens is 3. The van der Waals surface area contributed by atoms with Crippen LogP contribution in [0, 0.1) is 5.92 Å². The number of H-pyrrole nitrogens is 1. The van der Waals surface area contributed by atoms with E-state index in [-0.39, 0.29) is 24.4 Å². The average molecular weight is 424 g/mol. The molecule has 1 amide bonds. The summed E-state index contributed by atoms with van der Waals surface area (Å²) in [4.78, 5) is 16.3. The molecule has 2 fully saturated rings. The number of hydrogen-bond donors (Lipinski definition) is 2. The number of aliphatic hydroxyl groups excluding tert-OH is 1. The van der Waals surface area contributed by atoms with Crippen LogP contribution in [0.3, 0.4) is 0 Å². The molecule has 1 saturated heterocycles. The topological polar surface area (TPSA) is 91.3 Å². The monoisotopic (exact) mass is 424 g/mol. The normalized spacial score (nSPS) is 20.1. The Hall–Kier alpha value is -2.62. The molecule has 2 aromatic rings. The molecule has 0 spiro atoms. The molecule has 2 N–H and O–H groups in total. The Labute approximate surface area is 171 Å². The predicted molar refractivity (Wildman–Crippen MR) is 101 cm³/mol. The largest absolute Gasteiger partial charge is 0.497 e. The summed E-state index contributed by atoms with van der Waals surface area (Å²) in [6.07, 6.45) is -4.92. The number of amides is 1. The number of carbonyl (C=O) groups excluding carboxylic acids is 1. The molecule has 0 bridgehead atoms. The Kier molecular flexibility index (Phi) is 5.21. The Morgan fingerprint density at radius 3 is 2.40 bits per heavy atom. The van der Waals surface area contributed by atoms with Crippen LogP contribution in [0.2, 0.25) is 0 Å². The fraction of sp³-hybridized carbons (Fsp3) is 0.550. The van der Waals surface area contributed by atoms with Gasteiger partial charge >= 0.3 is 6.18 Å². The zero-order chi connectivity index (χ0) is 21.5. The van der Waals surface area contributed by atoms with Gasteiger partial charge in [0.15, 0.2) is 5.82 Å². The maximum atomic E-state index is 12.6. The number of rotatable bonds is 5. The van der Waals surface area contributed by atoms with Crippen LogP contribution in [-0.4, -0.2) is 63.6 Å². The second-order valence-electron chi connectivity index (χ2n) is 7.95. The highest BCUT2D eigenvalue weighted by atomic mass is 19.4. The Morgan fingerprint density at radius 1 is 1.23 bits per heavy atom. The van der Waals surface area contributed by atoms with Crippen molar-refractivity contribution in [2.75, 3.05) is 20.2 Å². The van der Waals surface area contributed by atoms with Crippen LogP contribution in [0.25, 0.3) is 11.4 Å². The third kappa shape index (κ3) is 3.76. The molecule has 10 heteroatoms. The summed E-state index contributed by atoms with van der Waals surface area (Å²) < 4.78 is 43.0. The van der Waals surface area contributed by atoms with Crippen molar-refractivity contribution in [3.8, 4) is 17.1 Å². The van der Waals surface area contributed by atoms with E-state index in [2.05, 4.69) is 15.2 Å². The Bertz CT molecular complexity index is 901. The second-order valence-corrected chi connectivity index (χ2v) is 7.95. The van der Waals surface area contributed by atoms with E-state index in [4.69, 9.17) is 4.74 Å². The molecule has 4 rings (SSSR count). The van der Waals surface area contributed by atoms with E-state index in [1.165, 1.54) is 0 Å². The Balaban J connectivity index is 1.42. The number of benzene rings is 1. The van der Waals surface area contributed by atoms with E-state index in [0.29, 0.717) is 18.7 Å². The highest BCUT2D eigenvalue weighted by Gasteiger charge is 2.54. The van der Waals surface area contributed by atoms with E-state index < -0.39 is 18.2 Å². The number of methoxy groups -OCH3 is 1. The molecular weight excluding hydrogens is 401 g/mol. The number of hydrogen-bond acceptors (Lipinski definition) is 5. The maximum absolute atomic E-state index is 12.6. The van der Waals surface area contributed by atoms with E-state index in [1.807, 2.05) is 24.3 Å². The lowest BCUT2D eigenvalue weighted by atomic mass is 9.81. The van der Waals surface area contributed by atoms with Crippen molar-refractivity contribution < 1.29 is 27.8 Å². The van der Waals surface area contributed by atoms with Crippen LogP contribution in [0.15, 0.2) is 24.3 Å². The second kappa shape index (κ2) is 7.57. The van der Waals surface area contributed by atoms with Gasteiger partial charge in [0.05, 0.1) is 7.11 Å². The molecular formula is C20H23F3N4O3. The zero-order valence-corrected chi connectivity index (χ0v) is 16.4. The van der Waals surface area contributed by atoms with Gasteiger partial charge < -0.3 is 19.7 Å². The molecule has 2 aliphatic rings. The van der Waals surface area contributed by atoms with Gasteiger partial charge in [-0.25, -0.2) is 0 Å². The molecule has 1 atom stereocenters. The maximum Gasteiger partial charge on any atom is 0.423 e. The fourth-order valence-electron chi connectivity index (χ4n) is 4.30. The summed E-state index contributed by atoms with van der Waals surface area (Å²) in [6.45, 7) is 0.385. The van der Waals surface area contributed by atoms with Gasteiger partial charge in [0.1, 0.15) is 11.6 Å². The SMILES string of the molecule is COc1ccc(-c2nnc(C3(C4CCN(C(=O)[C@H](O)C(F)(F)F)CC4)CC3)[nH]2)cc1. The first kappa shape index (κ1) is 20.6. The van der Waals surface area contributed by atoms with Crippen LogP contribution >= 0.6 is 0 Å². The highest BCUT2D eigenvalue weighted by Crippen LogP contribution is 2.55. The van der Waals surface area contributed by atoms with Crippen molar-refractivity contribution in [1.82, 2.24) is 20.1 Å². The summed E-state index contributed by atoms with van der Waals surface area (Å²) in [7, 11) is 1.60. The molecule has 0 radical (unpaired) electrons. The molecule has 2 heterocycles. The fourth-order valence-corrected chi connectivity index (χ4v) is 4.30. The number of piperidine rings is 1. The first-order chi connectivity index (χ1) is 14.2. The van der Waals surface area contributed by atoms with Crippen LogP contribution in [0.5, 0.6) is 5.75 Å². The van der Waals surface area contributed by atoms with Crippen molar-refractivity contribution >= 4 is 5.91 Å².